The molecule has 0 saturated carbocycles. The summed E-state index contributed by atoms with van der Waals surface area (Å²) >= 11 is 1.38. The number of anilines is 1. The highest BCUT2D eigenvalue weighted by molar-refractivity contribution is 14.0. The zero-order chi connectivity index (χ0) is 13.7. The molecule has 0 amide bonds. The van der Waals surface area contributed by atoms with Crippen molar-refractivity contribution in [2.45, 2.75) is 0 Å². The van der Waals surface area contributed by atoms with Crippen LogP contribution in [0.2, 0.25) is 0 Å². The number of amidine groups is 1. The van der Waals surface area contributed by atoms with Gasteiger partial charge in [0.2, 0.25) is 0 Å². The summed E-state index contributed by atoms with van der Waals surface area (Å²) in [4.78, 5) is 27.6. The maximum atomic E-state index is 11.9. The van der Waals surface area contributed by atoms with Crippen LogP contribution >= 0.6 is 35.7 Å². The first kappa shape index (κ1) is 18.0. The van der Waals surface area contributed by atoms with Crippen LogP contribution in [-0.2, 0) is 14.1 Å². The quantitative estimate of drug-likeness (QED) is 0.359. The highest BCUT2D eigenvalue weighted by Gasteiger charge is 2.08. The molecular weight excluding hydrogens is 379 g/mol. The van der Waals surface area contributed by atoms with Crippen LogP contribution in [0.4, 0.5) is 5.69 Å². The lowest BCUT2D eigenvalue weighted by Crippen LogP contribution is -2.38. The van der Waals surface area contributed by atoms with Crippen LogP contribution in [0.15, 0.2) is 33.4 Å². The fraction of sp³-hybridized carbons (Fsp3) is 0.364. The number of hydrogen-bond acceptors (Lipinski definition) is 4. The minimum atomic E-state index is -0.376. The fourth-order valence-electron chi connectivity index (χ4n) is 1.31. The number of aryl methyl sites for hydroxylation is 1. The number of nitrogens with one attached hydrogen (secondary N) is 1. The number of halogens is 1. The Morgan fingerprint density at radius 3 is 2.68 bits per heavy atom. The summed E-state index contributed by atoms with van der Waals surface area (Å²) in [7, 11) is 3.03. The van der Waals surface area contributed by atoms with Crippen molar-refractivity contribution in [3.8, 4) is 0 Å². The summed E-state index contributed by atoms with van der Waals surface area (Å²) in [5.41, 5.74) is -0.422. The molecule has 0 aliphatic carbocycles. The van der Waals surface area contributed by atoms with Gasteiger partial charge in [-0.25, -0.2) is 4.79 Å². The minimum Gasteiger partial charge on any atom is -0.329 e. The summed E-state index contributed by atoms with van der Waals surface area (Å²) in [5.74, 6) is 0. The first-order chi connectivity index (χ1) is 8.51. The molecule has 0 aliphatic rings. The van der Waals surface area contributed by atoms with Crippen molar-refractivity contribution in [3.63, 3.8) is 0 Å². The Balaban J connectivity index is 0.00000324. The topological polar surface area (TPSA) is 68.4 Å². The highest BCUT2D eigenvalue weighted by atomic mass is 127. The van der Waals surface area contributed by atoms with E-state index >= 15 is 0 Å². The average molecular weight is 396 g/mol. The molecule has 1 aromatic rings. The molecule has 0 aromatic carbocycles. The number of thioether (sulfide) groups is 1. The molecule has 1 heterocycles. The van der Waals surface area contributed by atoms with Gasteiger partial charge in [-0.2, -0.15) is 0 Å². The largest absolute Gasteiger partial charge is 0.330 e. The lowest BCUT2D eigenvalue weighted by molar-refractivity contribution is 0.689. The third kappa shape index (κ3) is 4.53. The van der Waals surface area contributed by atoms with Crippen LogP contribution in [0.25, 0.3) is 0 Å². The smallest absolute Gasteiger partial charge is 0.329 e. The molecule has 1 rings (SSSR count). The van der Waals surface area contributed by atoms with Gasteiger partial charge in [-0.1, -0.05) is 17.8 Å². The van der Waals surface area contributed by atoms with Crippen molar-refractivity contribution >= 4 is 46.6 Å². The van der Waals surface area contributed by atoms with Gasteiger partial charge in [-0.05, 0) is 6.26 Å². The molecule has 0 radical (unpaired) electrons. The molecule has 0 unspecified atom stereocenters. The molecule has 0 bridgehead atoms. The van der Waals surface area contributed by atoms with E-state index in [4.69, 9.17) is 0 Å². The van der Waals surface area contributed by atoms with Crippen molar-refractivity contribution in [1.82, 2.24) is 9.13 Å². The maximum Gasteiger partial charge on any atom is 0.330 e. The van der Waals surface area contributed by atoms with Gasteiger partial charge in [0.05, 0.1) is 6.54 Å². The van der Waals surface area contributed by atoms with E-state index in [0.29, 0.717) is 17.4 Å². The number of rotatable bonds is 3. The SMILES string of the molecule is C=CCN=C(Nc1cn(C)c(=O)n(C)c1=O)SC.I. The summed E-state index contributed by atoms with van der Waals surface area (Å²) in [6.07, 6.45) is 4.97. The molecule has 0 atom stereocenters. The third-order valence-corrected chi connectivity index (χ3v) is 2.86. The number of aromatic nitrogens is 2. The third-order valence-electron chi connectivity index (χ3n) is 2.25. The molecule has 1 aromatic heterocycles. The summed E-state index contributed by atoms with van der Waals surface area (Å²) < 4.78 is 2.39. The lowest BCUT2D eigenvalue weighted by Gasteiger charge is -2.09. The Hall–Kier alpha value is -1.03. The van der Waals surface area contributed by atoms with Gasteiger partial charge in [0.15, 0.2) is 5.17 Å². The van der Waals surface area contributed by atoms with Crippen LogP contribution in [0, 0.1) is 0 Å². The second-order valence-electron chi connectivity index (χ2n) is 3.56. The van der Waals surface area contributed by atoms with Gasteiger partial charge in [0.25, 0.3) is 5.56 Å². The van der Waals surface area contributed by atoms with E-state index in [0.717, 1.165) is 4.57 Å². The second-order valence-corrected chi connectivity index (χ2v) is 4.36. The van der Waals surface area contributed by atoms with Crippen LogP contribution < -0.4 is 16.6 Å². The highest BCUT2D eigenvalue weighted by Crippen LogP contribution is 2.03. The van der Waals surface area contributed by atoms with Gasteiger partial charge < -0.3 is 9.88 Å². The van der Waals surface area contributed by atoms with E-state index in [1.54, 1.807) is 13.1 Å². The molecule has 1 N–H and O–H groups in total. The Bertz CT molecular complexity index is 591. The molecule has 106 valence electrons. The Morgan fingerprint density at radius 1 is 1.53 bits per heavy atom. The average Bonchev–Trinajstić information content (AvgIpc) is 2.37. The summed E-state index contributed by atoms with van der Waals surface area (Å²) in [6.45, 7) is 4.04. The van der Waals surface area contributed by atoms with Crippen molar-refractivity contribution in [2.75, 3.05) is 18.1 Å². The van der Waals surface area contributed by atoms with E-state index in [9.17, 15) is 9.59 Å². The number of aliphatic imine (C=N–C) groups is 1. The predicted molar refractivity (Wildman–Crippen MR) is 92.0 cm³/mol. The molecule has 0 aliphatic heterocycles. The first-order valence-electron chi connectivity index (χ1n) is 5.24. The van der Waals surface area contributed by atoms with E-state index in [1.807, 2.05) is 6.26 Å². The van der Waals surface area contributed by atoms with E-state index in [-0.39, 0.29) is 35.2 Å². The van der Waals surface area contributed by atoms with Crippen LogP contribution in [-0.4, -0.2) is 27.1 Å². The zero-order valence-corrected chi connectivity index (χ0v) is 14.2. The second kappa shape index (κ2) is 8.20. The standard InChI is InChI=1S/C11H16N4O2S.HI/c1-5-6-12-10(18-4)13-8-7-14(2)11(17)15(3)9(8)16;/h5,7H,1,6H2,2-4H3,(H,12,13);1H. The van der Waals surface area contributed by atoms with Crippen molar-refractivity contribution in [3.05, 3.63) is 39.7 Å². The van der Waals surface area contributed by atoms with Crippen molar-refractivity contribution in [2.24, 2.45) is 19.1 Å². The normalized spacial score (nSPS) is 10.8. The maximum absolute atomic E-state index is 11.9. The monoisotopic (exact) mass is 396 g/mol. The predicted octanol–water partition coefficient (Wildman–Crippen LogP) is 1.02. The summed E-state index contributed by atoms with van der Waals surface area (Å²) in [5, 5.41) is 3.52. The van der Waals surface area contributed by atoms with Crippen LogP contribution in [0.1, 0.15) is 0 Å². The molecule has 6 nitrogen and oxygen atoms in total. The van der Waals surface area contributed by atoms with Gasteiger partial charge >= 0.3 is 5.69 Å². The van der Waals surface area contributed by atoms with E-state index < -0.39 is 0 Å². The van der Waals surface area contributed by atoms with Crippen molar-refractivity contribution < 1.29 is 0 Å². The van der Waals surface area contributed by atoms with Gasteiger partial charge in [-0.15, -0.1) is 30.6 Å². The van der Waals surface area contributed by atoms with E-state index in [1.165, 1.54) is 29.6 Å². The molecular formula is C11H17IN4O2S. The molecule has 0 saturated heterocycles. The Morgan fingerprint density at radius 2 is 2.16 bits per heavy atom. The minimum absolute atomic E-state index is 0. The molecule has 19 heavy (non-hydrogen) atoms. The lowest BCUT2D eigenvalue weighted by atomic mass is 10.5. The molecule has 0 spiro atoms. The Kier molecular flexibility index (Phi) is 7.76. The molecule has 0 fully saturated rings. The Labute approximate surface area is 132 Å². The number of nitrogens with zero attached hydrogens (tertiary/aromatic N) is 3. The summed E-state index contributed by atoms with van der Waals surface area (Å²) in [6, 6.07) is 0. The van der Waals surface area contributed by atoms with Crippen LogP contribution in [0.5, 0.6) is 0 Å². The first-order valence-corrected chi connectivity index (χ1v) is 6.46. The van der Waals surface area contributed by atoms with E-state index in [2.05, 4.69) is 16.9 Å². The van der Waals surface area contributed by atoms with Crippen LogP contribution in [0.3, 0.4) is 0 Å². The van der Waals surface area contributed by atoms with Gasteiger partial charge in [-0.3, -0.25) is 14.4 Å². The van der Waals surface area contributed by atoms with Gasteiger partial charge in [0, 0.05) is 20.3 Å². The zero-order valence-electron chi connectivity index (χ0n) is 11.0. The molecule has 8 heteroatoms. The van der Waals surface area contributed by atoms with Gasteiger partial charge in [0.1, 0.15) is 5.69 Å². The van der Waals surface area contributed by atoms with Crippen molar-refractivity contribution in [1.29, 1.82) is 0 Å². The number of hydrogen-bond donors (Lipinski definition) is 1. The fourth-order valence-corrected chi connectivity index (χ4v) is 1.73.